The van der Waals surface area contributed by atoms with Crippen LogP contribution in [-0.4, -0.2) is 23.0 Å². The molecule has 2 aromatic carbocycles. The highest BCUT2D eigenvalue weighted by Crippen LogP contribution is 2.23. The first-order valence-electron chi connectivity index (χ1n) is 6.67. The van der Waals surface area contributed by atoms with Crippen molar-refractivity contribution >= 4 is 29.1 Å². The summed E-state index contributed by atoms with van der Waals surface area (Å²) < 4.78 is 5.83. The van der Waals surface area contributed by atoms with Crippen molar-refractivity contribution < 1.29 is 9.53 Å². The van der Waals surface area contributed by atoms with Gasteiger partial charge in [-0.2, -0.15) is 5.10 Å². The zero-order chi connectivity index (χ0) is 15.2. The SMILES string of the molecule is O=C1CSC(=NN=Cc2ccccc2Oc2ccccc2)N1. The lowest BCUT2D eigenvalue weighted by atomic mass is 10.2. The van der Waals surface area contributed by atoms with Crippen LogP contribution in [0.15, 0.2) is 64.8 Å². The fourth-order valence-corrected chi connectivity index (χ4v) is 2.45. The zero-order valence-corrected chi connectivity index (χ0v) is 12.4. The Morgan fingerprint density at radius 3 is 2.64 bits per heavy atom. The number of amidine groups is 1. The molecule has 0 saturated carbocycles. The summed E-state index contributed by atoms with van der Waals surface area (Å²) in [6.07, 6.45) is 1.61. The molecule has 0 aromatic heterocycles. The van der Waals surface area contributed by atoms with Gasteiger partial charge in [0.15, 0.2) is 5.17 Å². The van der Waals surface area contributed by atoms with Gasteiger partial charge in [-0.15, -0.1) is 5.10 Å². The number of thioether (sulfide) groups is 1. The van der Waals surface area contributed by atoms with Gasteiger partial charge in [0.25, 0.3) is 0 Å². The Morgan fingerprint density at radius 1 is 1.09 bits per heavy atom. The van der Waals surface area contributed by atoms with Crippen LogP contribution in [0.2, 0.25) is 0 Å². The average molecular weight is 311 g/mol. The number of nitrogens with one attached hydrogen (secondary N) is 1. The Morgan fingerprint density at radius 2 is 1.86 bits per heavy atom. The van der Waals surface area contributed by atoms with Crippen LogP contribution in [0.25, 0.3) is 0 Å². The van der Waals surface area contributed by atoms with Gasteiger partial charge in [-0.05, 0) is 24.3 Å². The summed E-state index contributed by atoms with van der Waals surface area (Å²) in [6, 6.07) is 17.1. The number of hydrogen-bond donors (Lipinski definition) is 1. The van der Waals surface area contributed by atoms with E-state index in [1.54, 1.807) is 6.21 Å². The number of para-hydroxylation sites is 2. The van der Waals surface area contributed by atoms with Crippen molar-refractivity contribution in [3.8, 4) is 11.5 Å². The monoisotopic (exact) mass is 311 g/mol. The minimum atomic E-state index is -0.0493. The van der Waals surface area contributed by atoms with Crippen LogP contribution in [-0.2, 0) is 4.79 Å². The van der Waals surface area contributed by atoms with E-state index >= 15 is 0 Å². The van der Waals surface area contributed by atoms with E-state index < -0.39 is 0 Å². The largest absolute Gasteiger partial charge is 0.457 e. The molecule has 5 nitrogen and oxygen atoms in total. The fraction of sp³-hybridized carbons (Fsp3) is 0.0625. The molecule has 0 bridgehead atoms. The third-order valence-electron chi connectivity index (χ3n) is 2.82. The van der Waals surface area contributed by atoms with E-state index in [9.17, 15) is 4.79 Å². The lowest BCUT2D eigenvalue weighted by Crippen LogP contribution is -2.19. The molecular formula is C16H13N3O2S. The Balaban J connectivity index is 1.75. The van der Waals surface area contributed by atoms with Crippen molar-refractivity contribution in [2.45, 2.75) is 0 Å². The van der Waals surface area contributed by atoms with E-state index in [1.165, 1.54) is 11.8 Å². The summed E-state index contributed by atoms with van der Waals surface area (Å²) in [7, 11) is 0. The van der Waals surface area contributed by atoms with E-state index in [-0.39, 0.29) is 5.91 Å². The summed E-state index contributed by atoms with van der Waals surface area (Å²) in [5.74, 6) is 1.79. The molecule has 0 spiro atoms. The molecule has 1 fully saturated rings. The molecule has 22 heavy (non-hydrogen) atoms. The molecule has 0 radical (unpaired) electrons. The predicted molar refractivity (Wildman–Crippen MR) is 88.6 cm³/mol. The average Bonchev–Trinajstić information content (AvgIpc) is 2.95. The second kappa shape index (κ2) is 6.91. The molecule has 1 aliphatic rings. The fourth-order valence-electron chi connectivity index (χ4n) is 1.82. The summed E-state index contributed by atoms with van der Waals surface area (Å²) in [5.41, 5.74) is 0.810. The van der Waals surface area contributed by atoms with Crippen LogP contribution < -0.4 is 10.1 Å². The number of benzene rings is 2. The third kappa shape index (κ3) is 3.73. The van der Waals surface area contributed by atoms with E-state index in [0.29, 0.717) is 16.7 Å². The number of nitrogens with zero attached hydrogens (tertiary/aromatic N) is 2. The van der Waals surface area contributed by atoms with Gasteiger partial charge in [-0.3, -0.25) is 4.79 Å². The molecule has 6 heteroatoms. The van der Waals surface area contributed by atoms with Crippen molar-refractivity contribution in [2.75, 3.05) is 5.75 Å². The first kappa shape index (κ1) is 14.3. The van der Waals surface area contributed by atoms with Gasteiger partial charge < -0.3 is 10.1 Å². The van der Waals surface area contributed by atoms with Crippen molar-refractivity contribution in [1.82, 2.24) is 5.32 Å². The van der Waals surface area contributed by atoms with Crippen molar-refractivity contribution in [3.63, 3.8) is 0 Å². The van der Waals surface area contributed by atoms with Crippen molar-refractivity contribution in [2.24, 2.45) is 10.2 Å². The van der Waals surface area contributed by atoms with Crippen molar-refractivity contribution in [3.05, 3.63) is 60.2 Å². The van der Waals surface area contributed by atoms with E-state index in [4.69, 9.17) is 4.74 Å². The Hall–Kier alpha value is -2.60. The Kier molecular flexibility index (Phi) is 4.50. The molecule has 1 heterocycles. The highest BCUT2D eigenvalue weighted by atomic mass is 32.2. The van der Waals surface area contributed by atoms with Crippen molar-refractivity contribution in [1.29, 1.82) is 0 Å². The van der Waals surface area contributed by atoms with Crippen LogP contribution in [0.4, 0.5) is 0 Å². The second-order valence-corrected chi connectivity index (χ2v) is 5.40. The van der Waals surface area contributed by atoms with Crippen LogP contribution in [0.5, 0.6) is 11.5 Å². The number of carbonyl (C=O) groups is 1. The first-order chi connectivity index (χ1) is 10.8. The molecule has 1 saturated heterocycles. The Labute approximate surface area is 132 Å². The smallest absolute Gasteiger partial charge is 0.236 e. The van der Waals surface area contributed by atoms with Crippen LogP contribution in [0.1, 0.15) is 5.56 Å². The lowest BCUT2D eigenvalue weighted by Gasteiger charge is -2.07. The molecule has 0 aliphatic carbocycles. The molecular weight excluding hydrogens is 298 g/mol. The van der Waals surface area contributed by atoms with E-state index in [2.05, 4.69) is 15.5 Å². The van der Waals surface area contributed by atoms with E-state index in [0.717, 1.165) is 11.3 Å². The summed E-state index contributed by atoms with van der Waals surface area (Å²) >= 11 is 1.34. The molecule has 1 amide bonds. The lowest BCUT2D eigenvalue weighted by molar-refractivity contribution is -0.116. The van der Waals surface area contributed by atoms with Crippen LogP contribution in [0.3, 0.4) is 0 Å². The van der Waals surface area contributed by atoms with Gasteiger partial charge in [0.1, 0.15) is 11.5 Å². The number of hydrogen-bond acceptors (Lipinski definition) is 5. The molecule has 110 valence electrons. The molecule has 2 aromatic rings. The number of ether oxygens (including phenoxy) is 1. The van der Waals surface area contributed by atoms with Gasteiger partial charge in [0.2, 0.25) is 5.91 Å². The molecule has 0 unspecified atom stereocenters. The predicted octanol–water partition coefficient (Wildman–Crippen LogP) is 3.03. The molecule has 1 aliphatic heterocycles. The Bertz CT molecular complexity index is 729. The standard InChI is InChI=1S/C16H13N3O2S/c20-15-11-22-16(18-15)19-17-10-12-6-4-5-9-14(12)21-13-7-2-1-3-8-13/h1-10H,11H2,(H,18,19,20). The summed E-state index contributed by atoms with van der Waals surface area (Å²) in [5, 5.41) is 11.1. The topological polar surface area (TPSA) is 63.0 Å². The quantitative estimate of drug-likeness (QED) is 0.697. The van der Waals surface area contributed by atoms with Gasteiger partial charge in [-0.25, -0.2) is 0 Å². The number of amides is 1. The zero-order valence-electron chi connectivity index (χ0n) is 11.6. The van der Waals surface area contributed by atoms with Gasteiger partial charge in [0, 0.05) is 5.56 Å². The molecule has 1 N–H and O–H groups in total. The maximum Gasteiger partial charge on any atom is 0.236 e. The van der Waals surface area contributed by atoms with Gasteiger partial charge in [0.05, 0.1) is 12.0 Å². The highest BCUT2D eigenvalue weighted by molar-refractivity contribution is 8.15. The van der Waals surface area contributed by atoms with Crippen LogP contribution >= 0.6 is 11.8 Å². The van der Waals surface area contributed by atoms with Crippen LogP contribution in [0, 0.1) is 0 Å². The maximum atomic E-state index is 11.1. The normalized spacial score (nSPS) is 16.2. The highest BCUT2D eigenvalue weighted by Gasteiger charge is 2.15. The minimum absolute atomic E-state index is 0.0493. The first-order valence-corrected chi connectivity index (χ1v) is 7.65. The van der Waals surface area contributed by atoms with Gasteiger partial charge in [-0.1, -0.05) is 42.1 Å². The molecule has 0 atom stereocenters. The van der Waals surface area contributed by atoms with E-state index in [1.807, 2.05) is 54.6 Å². The third-order valence-corrected chi connectivity index (χ3v) is 3.69. The summed E-state index contributed by atoms with van der Waals surface area (Å²) in [6.45, 7) is 0. The molecule has 3 rings (SSSR count). The van der Waals surface area contributed by atoms with Gasteiger partial charge >= 0.3 is 0 Å². The summed E-state index contributed by atoms with van der Waals surface area (Å²) in [4.78, 5) is 11.1. The maximum absolute atomic E-state index is 11.1. The number of carbonyl (C=O) groups excluding carboxylic acids is 1. The second-order valence-electron chi connectivity index (χ2n) is 4.44. The minimum Gasteiger partial charge on any atom is -0.457 e. The number of rotatable bonds is 4.